The van der Waals surface area contributed by atoms with E-state index in [0.29, 0.717) is 13.0 Å². The van der Waals surface area contributed by atoms with Crippen molar-refractivity contribution >= 4 is 12.0 Å². The highest BCUT2D eigenvalue weighted by Crippen LogP contribution is 2.17. The fourth-order valence-corrected chi connectivity index (χ4v) is 2.21. The summed E-state index contributed by atoms with van der Waals surface area (Å²) in [6.07, 6.45) is -0.0335. The molecule has 108 valence electrons. The molecule has 0 bridgehead atoms. The van der Waals surface area contributed by atoms with Crippen LogP contribution in [0.1, 0.15) is 12.0 Å². The Bertz CT molecular complexity index is 478. The van der Waals surface area contributed by atoms with Crippen LogP contribution < -0.4 is 5.73 Å². The average Bonchev–Trinajstić information content (AvgIpc) is 2.75. The molecule has 6 heteroatoms. The van der Waals surface area contributed by atoms with Gasteiger partial charge in [0.15, 0.2) is 0 Å². The van der Waals surface area contributed by atoms with Crippen LogP contribution in [0, 0.1) is 0 Å². The Morgan fingerprint density at radius 2 is 2.10 bits per heavy atom. The van der Waals surface area contributed by atoms with Gasteiger partial charge in [0.25, 0.3) is 0 Å². The second-order valence-corrected chi connectivity index (χ2v) is 4.78. The highest BCUT2D eigenvalue weighted by atomic mass is 16.6. The van der Waals surface area contributed by atoms with Gasteiger partial charge in [-0.05, 0) is 18.5 Å². The highest BCUT2D eigenvalue weighted by molar-refractivity contribution is 5.88. The number of carbonyl (C=O) groups excluding carboxylic acids is 2. The topological polar surface area (TPSA) is 75.9 Å². The van der Waals surface area contributed by atoms with Crippen LogP contribution in [0.4, 0.5) is 4.79 Å². The Hall–Kier alpha value is -2.08. The predicted octanol–water partition coefficient (Wildman–Crippen LogP) is 0.772. The third-order valence-corrected chi connectivity index (χ3v) is 3.28. The van der Waals surface area contributed by atoms with E-state index in [4.69, 9.17) is 10.5 Å². The van der Waals surface area contributed by atoms with Gasteiger partial charge in [-0.1, -0.05) is 30.3 Å². The molecule has 0 radical (unpaired) electrons. The highest BCUT2D eigenvalue weighted by Gasteiger charge is 2.39. The molecule has 1 atom stereocenters. The molecule has 1 aliphatic rings. The first-order chi connectivity index (χ1) is 9.63. The largest absolute Gasteiger partial charge is 0.444 e. The van der Waals surface area contributed by atoms with E-state index in [1.165, 1.54) is 9.80 Å². The Morgan fingerprint density at radius 3 is 2.75 bits per heavy atom. The lowest BCUT2D eigenvalue weighted by atomic mass is 10.2. The van der Waals surface area contributed by atoms with Crippen molar-refractivity contribution < 1.29 is 14.3 Å². The van der Waals surface area contributed by atoms with Crippen molar-refractivity contribution in [2.24, 2.45) is 5.73 Å². The standard InChI is InChI=1S/C14H19N3O3/c1-16-10-17(12(7-8-15)13(16)18)14(19)20-9-11-5-3-2-4-6-11/h2-6,12H,7-10,15H2,1H3/t12-/m1/s1. The SMILES string of the molecule is CN1CN(C(=O)OCc2ccccc2)[C@H](CCN)C1=O. The number of likely N-dealkylation sites (N-methyl/N-ethyl adjacent to an activating group) is 1. The summed E-state index contributed by atoms with van der Waals surface area (Å²) >= 11 is 0. The molecule has 2 amide bonds. The van der Waals surface area contributed by atoms with Crippen LogP contribution in [0.3, 0.4) is 0 Å². The van der Waals surface area contributed by atoms with E-state index in [9.17, 15) is 9.59 Å². The summed E-state index contributed by atoms with van der Waals surface area (Å²) < 4.78 is 5.25. The molecule has 2 rings (SSSR count). The third kappa shape index (κ3) is 3.08. The molecule has 0 aliphatic carbocycles. The first kappa shape index (κ1) is 14.3. The molecule has 1 aromatic rings. The van der Waals surface area contributed by atoms with E-state index < -0.39 is 12.1 Å². The van der Waals surface area contributed by atoms with Crippen LogP contribution >= 0.6 is 0 Å². The summed E-state index contributed by atoms with van der Waals surface area (Å²) in [6.45, 7) is 0.799. The van der Waals surface area contributed by atoms with Gasteiger partial charge >= 0.3 is 6.09 Å². The molecule has 1 fully saturated rings. The van der Waals surface area contributed by atoms with Crippen LogP contribution in [-0.2, 0) is 16.1 Å². The molecule has 0 saturated carbocycles. The summed E-state index contributed by atoms with van der Waals surface area (Å²) in [5.74, 6) is -0.0906. The number of nitrogens with two attached hydrogens (primary N) is 1. The number of nitrogens with zero attached hydrogens (tertiary/aromatic N) is 2. The fraction of sp³-hybridized carbons (Fsp3) is 0.429. The van der Waals surface area contributed by atoms with Crippen molar-refractivity contribution in [1.82, 2.24) is 9.80 Å². The quantitative estimate of drug-likeness (QED) is 0.882. The van der Waals surface area contributed by atoms with Gasteiger partial charge < -0.3 is 15.4 Å². The van der Waals surface area contributed by atoms with Gasteiger partial charge in [-0.3, -0.25) is 9.69 Å². The number of rotatable bonds is 4. The van der Waals surface area contributed by atoms with E-state index in [-0.39, 0.29) is 19.2 Å². The normalized spacial score (nSPS) is 18.5. The number of benzene rings is 1. The van der Waals surface area contributed by atoms with Crippen LogP contribution in [-0.4, -0.2) is 48.1 Å². The van der Waals surface area contributed by atoms with Crippen molar-refractivity contribution in [2.45, 2.75) is 19.1 Å². The summed E-state index contributed by atoms with van der Waals surface area (Å²) in [7, 11) is 1.66. The van der Waals surface area contributed by atoms with Gasteiger partial charge in [0.2, 0.25) is 5.91 Å². The summed E-state index contributed by atoms with van der Waals surface area (Å²) in [4.78, 5) is 26.9. The van der Waals surface area contributed by atoms with Crippen molar-refractivity contribution in [3.8, 4) is 0 Å². The number of carbonyl (C=O) groups is 2. The zero-order valence-corrected chi connectivity index (χ0v) is 11.5. The fourth-order valence-electron chi connectivity index (χ4n) is 2.21. The number of amides is 2. The van der Waals surface area contributed by atoms with E-state index >= 15 is 0 Å². The zero-order chi connectivity index (χ0) is 14.5. The second-order valence-electron chi connectivity index (χ2n) is 4.78. The minimum atomic E-state index is -0.506. The molecular weight excluding hydrogens is 258 g/mol. The number of hydrogen-bond donors (Lipinski definition) is 1. The predicted molar refractivity (Wildman–Crippen MR) is 73.6 cm³/mol. The maximum absolute atomic E-state index is 12.1. The molecule has 0 aromatic heterocycles. The van der Waals surface area contributed by atoms with Gasteiger partial charge in [0.05, 0.1) is 6.67 Å². The van der Waals surface area contributed by atoms with Crippen molar-refractivity contribution in [1.29, 1.82) is 0 Å². The van der Waals surface area contributed by atoms with E-state index in [0.717, 1.165) is 5.56 Å². The van der Waals surface area contributed by atoms with Crippen LogP contribution in [0.2, 0.25) is 0 Å². The molecule has 0 unspecified atom stereocenters. The lowest BCUT2D eigenvalue weighted by Gasteiger charge is -2.20. The molecule has 1 heterocycles. The van der Waals surface area contributed by atoms with Gasteiger partial charge in [-0.25, -0.2) is 4.79 Å². The van der Waals surface area contributed by atoms with E-state index in [1.54, 1.807) is 7.05 Å². The zero-order valence-electron chi connectivity index (χ0n) is 11.5. The van der Waals surface area contributed by atoms with Gasteiger partial charge in [0.1, 0.15) is 12.6 Å². The minimum Gasteiger partial charge on any atom is -0.444 e. The lowest BCUT2D eigenvalue weighted by molar-refractivity contribution is -0.128. The first-order valence-electron chi connectivity index (χ1n) is 6.56. The molecule has 1 aromatic carbocycles. The maximum atomic E-state index is 12.1. The molecule has 20 heavy (non-hydrogen) atoms. The average molecular weight is 277 g/mol. The first-order valence-corrected chi connectivity index (χ1v) is 6.56. The van der Waals surface area contributed by atoms with Crippen LogP contribution in [0.15, 0.2) is 30.3 Å². The van der Waals surface area contributed by atoms with E-state index in [1.807, 2.05) is 30.3 Å². The Balaban J connectivity index is 1.96. The summed E-state index contributed by atoms with van der Waals surface area (Å²) in [5, 5.41) is 0. The van der Waals surface area contributed by atoms with Gasteiger partial charge in [-0.15, -0.1) is 0 Å². The monoisotopic (exact) mass is 277 g/mol. The lowest BCUT2D eigenvalue weighted by Crippen LogP contribution is -2.39. The minimum absolute atomic E-state index is 0.0906. The van der Waals surface area contributed by atoms with Crippen LogP contribution in [0.5, 0.6) is 0 Å². The van der Waals surface area contributed by atoms with Crippen LogP contribution in [0.25, 0.3) is 0 Å². The smallest absolute Gasteiger partial charge is 0.412 e. The van der Waals surface area contributed by atoms with Crippen molar-refractivity contribution in [3.05, 3.63) is 35.9 Å². The number of ether oxygens (including phenoxy) is 1. The Morgan fingerprint density at radius 1 is 1.40 bits per heavy atom. The molecule has 1 saturated heterocycles. The molecule has 2 N–H and O–H groups in total. The second kappa shape index (κ2) is 6.38. The molecule has 0 spiro atoms. The summed E-state index contributed by atoms with van der Waals surface area (Å²) in [5.41, 5.74) is 6.41. The van der Waals surface area contributed by atoms with Gasteiger partial charge in [0, 0.05) is 7.05 Å². The molecule has 6 nitrogen and oxygen atoms in total. The summed E-state index contributed by atoms with van der Waals surface area (Å²) in [6, 6.07) is 8.92. The van der Waals surface area contributed by atoms with Gasteiger partial charge in [-0.2, -0.15) is 0 Å². The van der Waals surface area contributed by atoms with Crippen molar-refractivity contribution in [2.75, 3.05) is 20.3 Å². The Labute approximate surface area is 118 Å². The molecule has 1 aliphatic heterocycles. The van der Waals surface area contributed by atoms with E-state index in [2.05, 4.69) is 0 Å². The number of hydrogen-bond acceptors (Lipinski definition) is 4. The third-order valence-electron chi connectivity index (χ3n) is 3.28. The Kier molecular flexibility index (Phi) is 4.57. The molecular formula is C14H19N3O3. The van der Waals surface area contributed by atoms with Crippen molar-refractivity contribution in [3.63, 3.8) is 0 Å². The maximum Gasteiger partial charge on any atom is 0.412 e.